The third-order valence-electron chi connectivity index (χ3n) is 4.68. The van der Waals surface area contributed by atoms with Gasteiger partial charge in [-0.2, -0.15) is 0 Å². The standard InChI is InChI=1S/C26H20ClNO2/c27-21-15-16-25(30-18-19-9-3-1-4-10-19)23(17-21)26(29)28-24-14-8-7-13-22(24)20-11-5-2-6-12-20/h1-17H,18H2,(H,28,29). The molecular formula is C26H20ClNO2. The van der Waals surface area contributed by atoms with Crippen LogP contribution >= 0.6 is 11.6 Å². The van der Waals surface area contributed by atoms with Gasteiger partial charge in [0.25, 0.3) is 5.91 Å². The Kier molecular flexibility index (Phi) is 6.11. The maximum Gasteiger partial charge on any atom is 0.259 e. The summed E-state index contributed by atoms with van der Waals surface area (Å²) in [7, 11) is 0. The van der Waals surface area contributed by atoms with E-state index >= 15 is 0 Å². The molecule has 30 heavy (non-hydrogen) atoms. The number of carbonyl (C=O) groups is 1. The lowest BCUT2D eigenvalue weighted by Gasteiger charge is -2.14. The van der Waals surface area contributed by atoms with Crippen LogP contribution in [0.5, 0.6) is 5.75 Å². The molecule has 0 aliphatic heterocycles. The van der Waals surface area contributed by atoms with Crippen molar-refractivity contribution in [2.75, 3.05) is 5.32 Å². The number of hydrogen-bond donors (Lipinski definition) is 1. The van der Waals surface area contributed by atoms with Gasteiger partial charge in [0.1, 0.15) is 12.4 Å². The molecule has 0 atom stereocenters. The zero-order valence-electron chi connectivity index (χ0n) is 16.2. The molecule has 0 aliphatic rings. The molecule has 0 aliphatic carbocycles. The molecule has 3 nitrogen and oxygen atoms in total. The molecule has 148 valence electrons. The minimum atomic E-state index is -0.274. The molecular weight excluding hydrogens is 394 g/mol. The average molecular weight is 414 g/mol. The van der Waals surface area contributed by atoms with Crippen LogP contribution < -0.4 is 10.1 Å². The van der Waals surface area contributed by atoms with E-state index in [-0.39, 0.29) is 5.91 Å². The summed E-state index contributed by atoms with van der Waals surface area (Å²) < 4.78 is 5.93. The number of ether oxygens (including phenoxy) is 1. The lowest BCUT2D eigenvalue weighted by molar-refractivity contribution is 0.102. The second kappa shape index (κ2) is 9.29. The molecule has 4 heteroatoms. The summed E-state index contributed by atoms with van der Waals surface area (Å²) in [5.74, 6) is 0.210. The van der Waals surface area contributed by atoms with E-state index < -0.39 is 0 Å². The molecule has 4 aromatic rings. The van der Waals surface area contributed by atoms with Crippen molar-refractivity contribution in [3.8, 4) is 16.9 Å². The monoisotopic (exact) mass is 413 g/mol. The molecule has 0 saturated heterocycles. The van der Waals surface area contributed by atoms with Crippen molar-refractivity contribution in [2.24, 2.45) is 0 Å². The van der Waals surface area contributed by atoms with E-state index in [1.165, 1.54) is 0 Å². The van der Waals surface area contributed by atoms with Crippen LogP contribution in [0, 0.1) is 0 Å². The van der Waals surface area contributed by atoms with E-state index in [4.69, 9.17) is 16.3 Å². The molecule has 0 radical (unpaired) electrons. The largest absolute Gasteiger partial charge is 0.488 e. The number of carbonyl (C=O) groups excluding carboxylic acids is 1. The second-order valence-corrected chi connectivity index (χ2v) is 7.22. The van der Waals surface area contributed by atoms with Crippen molar-refractivity contribution in [1.29, 1.82) is 0 Å². The highest BCUT2D eigenvalue weighted by atomic mass is 35.5. The van der Waals surface area contributed by atoms with Gasteiger partial charge in [-0.3, -0.25) is 4.79 Å². The highest BCUT2D eigenvalue weighted by molar-refractivity contribution is 6.31. The third kappa shape index (κ3) is 4.70. The number of halogens is 1. The van der Waals surface area contributed by atoms with Crippen molar-refractivity contribution in [2.45, 2.75) is 6.61 Å². The van der Waals surface area contributed by atoms with Crippen LogP contribution in [0.3, 0.4) is 0 Å². The first-order chi connectivity index (χ1) is 14.7. The van der Waals surface area contributed by atoms with Crippen LogP contribution in [-0.4, -0.2) is 5.91 Å². The normalized spacial score (nSPS) is 10.4. The highest BCUT2D eigenvalue weighted by Crippen LogP contribution is 2.30. The minimum Gasteiger partial charge on any atom is -0.488 e. The van der Waals surface area contributed by atoms with Crippen molar-refractivity contribution in [3.05, 3.63) is 119 Å². The molecule has 0 fully saturated rings. The quantitative estimate of drug-likeness (QED) is 0.376. The second-order valence-electron chi connectivity index (χ2n) is 6.78. The molecule has 1 N–H and O–H groups in total. The summed E-state index contributed by atoms with van der Waals surface area (Å²) in [5.41, 5.74) is 4.11. The van der Waals surface area contributed by atoms with Gasteiger partial charge in [0.15, 0.2) is 0 Å². The number of nitrogens with one attached hydrogen (secondary N) is 1. The Hall–Kier alpha value is -3.56. The van der Waals surface area contributed by atoms with Crippen molar-refractivity contribution in [1.82, 2.24) is 0 Å². The Bertz CT molecular complexity index is 1140. The van der Waals surface area contributed by atoms with Crippen LogP contribution in [0.2, 0.25) is 5.02 Å². The van der Waals surface area contributed by atoms with Crippen molar-refractivity contribution >= 4 is 23.2 Å². The number of amides is 1. The van der Waals surface area contributed by atoms with Gasteiger partial charge in [0.05, 0.1) is 5.56 Å². The first kappa shape index (κ1) is 19.7. The topological polar surface area (TPSA) is 38.3 Å². The molecule has 0 saturated carbocycles. The maximum atomic E-state index is 13.1. The number of rotatable bonds is 6. The SMILES string of the molecule is O=C(Nc1ccccc1-c1ccccc1)c1cc(Cl)ccc1OCc1ccccc1. The van der Waals surface area contributed by atoms with E-state index in [9.17, 15) is 4.79 Å². The Morgan fingerprint density at radius 2 is 1.47 bits per heavy atom. The zero-order valence-corrected chi connectivity index (χ0v) is 17.0. The first-order valence-corrected chi connectivity index (χ1v) is 10.0. The van der Waals surface area contributed by atoms with Crippen LogP contribution in [-0.2, 0) is 6.61 Å². The number of hydrogen-bond acceptors (Lipinski definition) is 2. The van der Waals surface area contributed by atoms with Gasteiger partial charge >= 0.3 is 0 Å². The van der Waals surface area contributed by atoms with Gasteiger partial charge in [-0.15, -0.1) is 0 Å². The molecule has 0 bridgehead atoms. The summed E-state index contributed by atoms with van der Waals surface area (Å²) in [6.07, 6.45) is 0. The summed E-state index contributed by atoms with van der Waals surface area (Å²) in [6.45, 7) is 0.364. The van der Waals surface area contributed by atoms with Crippen LogP contribution in [0.1, 0.15) is 15.9 Å². The summed E-state index contributed by atoms with van der Waals surface area (Å²) >= 11 is 6.17. The van der Waals surface area contributed by atoms with Crippen LogP contribution in [0.25, 0.3) is 11.1 Å². The minimum absolute atomic E-state index is 0.274. The van der Waals surface area contributed by atoms with E-state index in [1.54, 1.807) is 18.2 Å². The van der Waals surface area contributed by atoms with Crippen molar-refractivity contribution < 1.29 is 9.53 Å². The summed E-state index contributed by atoms with van der Waals surface area (Å²) in [5, 5.41) is 3.49. The fraction of sp³-hybridized carbons (Fsp3) is 0.0385. The van der Waals surface area contributed by atoms with Gasteiger partial charge in [-0.1, -0.05) is 90.5 Å². The lowest BCUT2D eigenvalue weighted by atomic mass is 10.0. The fourth-order valence-electron chi connectivity index (χ4n) is 3.19. The van der Waals surface area contributed by atoms with E-state index in [0.29, 0.717) is 22.9 Å². The molecule has 1 amide bonds. The maximum absolute atomic E-state index is 13.1. The van der Waals surface area contributed by atoms with Gasteiger partial charge in [-0.05, 0) is 35.4 Å². The molecule has 0 heterocycles. The van der Waals surface area contributed by atoms with Gasteiger partial charge in [-0.25, -0.2) is 0 Å². The molecule has 0 aromatic heterocycles. The van der Waals surface area contributed by atoms with E-state index in [1.807, 2.05) is 84.9 Å². The molecule has 4 aromatic carbocycles. The van der Waals surface area contributed by atoms with Gasteiger partial charge < -0.3 is 10.1 Å². The third-order valence-corrected chi connectivity index (χ3v) is 4.92. The predicted octanol–water partition coefficient (Wildman–Crippen LogP) is 6.84. The first-order valence-electron chi connectivity index (χ1n) is 9.63. The Morgan fingerprint density at radius 1 is 0.800 bits per heavy atom. The fourth-order valence-corrected chi connectivity index (χ4v) is 3.36. The summed E-state index contributed by atoms with van der Waals surface area (Å²) in [6, 6.07) is 32.5. The lowest BCUT2D eigenvalue weighted by Crippen LogP contribution is -2.14. The number of benzene rings is 4. The van der Waals surface area contributed by atoms with Crippen LogP contribution in [0.4, 0.5) is 5.69 Å². The predicted molar refractivity (Wildman–Crippen MR) is 122 cm³/mol. The number of anilines is 1. The van der Waals surface area contributed by atoms with Crippen molar-refractivity contribution in [3.63, 3.8) is 0 Å². The molecule has 0 spiro atoms. The van der Waals surface area contributed by atoms with Crippen LogP contribution in [0.15, 0.2) is 103 Å². The Labute approximate surface area is 180 Å². The Balaban J connectivity index is 1.59. The van der Waals surface area contributed by atoms with E-state index in [2.05, 4.69) is 5.32 Å². The van der Waals surface area contributed by atoms with Gasteiger partial charge in [0, 0.05) is 16.3 Å². The Morgan fingerprint density at radius 3 is 2.23 bits per heavy atom. The summed E-state index contributed by atoms with van der Waals surface area (Å²) in [4.78, 5) is 13.1. The van der Waals surface area contributed by atoms with E-state index in [0.717, 1.165) is 22.4 Å². The van der Waals surface area contributed by atoms with Gasteiger partial charge in [0.2, 0.25) is 0 Å². The number of para-hydroxylation sites is 1. The smallest absolute Gasteiger partial charge is 0.259 e. The zero-order chi connectivity index (χ0) is 20.8. The highest BCUT2D eigenvalue weighted by Gasteiger charge is 2.16. The average Bonchev–Trinajstić information content (AvgIpc) is 2.80. The molecule has 0 unspecified atom stereocenters. The molecule has 4 rings (SSSR count).